The summed E-state index contributed by atoms with van der Waals surface area (Å²) in [5, 5.41) is 6.24. The zero-order valence-corrected chi connectivity index (χ0v) is 7.99. The second kappa shape index (κ2) is 4.53. The molecule has 0 aliphatic rings. The number of pyridine rings is 1. The number of H-pyrrole nitrogens is 1. The Balaban J connectivity index is 0.000000980. The van der Waals surface area contributed by atoms with Crippen molar-refractivity contribution in [1.82, 2.24) is 15.2 Å². The van der Waals surface area contributed by atoms with Gasteiger partial charge in [0.2, 0.25) is 0 Å². The molecule has 0 bridgehead atoms. The van der Waals surface area contributed by atoms with Crippen LogP contribution in [0.15, 0.2) is 41.5 Å². The van der Waals surface area contributed by atoms with Gasteiger partial charge < -0.3 is 0 Å². The highest BCUT2D eigenvalue weighted by Crippen LogP contribution is 2.11. The average Bonchev–Trinajstić information content (AvgIpc) is 2.20. The maximum atomic E-state index is 10.7. The number of rotatable bonds is 1. The van der Waals surface area contributed by atoms with Crippen molar-refractivity contribution in [2.45, 2.75) is 0 Å². The van der Waals surface area contributed by atoms with E-state index in [1.165, 1.54) is 6.07 Å². The summed E-state index contributed by atoms with van der Waals surface area (Å²) in [7, 11) is 0. The van der Waals surface area contributed by atoms with Gasteiger partial charge in [-0.2, -0.15) is 5.10 Å². The van der Waals surface area contributed by atoms with E-state index in [1.807, 2.05) is 12.1 Å². The largest absolute Gasteiger partial charge is 0.268 e. The first-order valence-electron chi connectivity index (χ1n) is 3.82. The smallest absolute Gasteiger partial charge is 0.264 e. The van der Waals surface area contributed by atoms with Crippen LogP contribution in [0.1, 0.15) is 0 Å². The third kappa shape index (κ3) is 2.17. The summed E-state index contributed by atoms with van der Waals surface area (Å²) in [5.41, 5.74) is 1.40. The molecule has 5 heteroatoms. The normalized spacial score (nSPS) is 9.14. The van der Waals surface area contributed by atoms with Crippen LogP contribution in [-0.2, 0) is 0 Å². The van der Waals surface area contributed by atoms with E-state index < -0.39 is 0 Å². The molecule has 0 amide bonds. The number of aromatic amines is 1. The standard InChI is InChI=1S/C9H7N3O.ClH/c13-9-4-3-8(11-12-9)7-2-1-5-10-6-7;/h1-6H,(H,12,13);1H. The molecule has 0 aliphatic heterocycles. The Labute approximate surface area is 86.4 Å². The van der Waals surface area contributed by atoms with Gasteiger partial charge in [-0.15, -0.1) is 12.4 Å². The van der Waals surface area contributed by atoms with E-state index in [0.717, 1.165) is 5.56 Å². The van der Waals surface area contributed by atoms with E-state index in [2.05, 4.69) is 15.2 Å². The zero-order valence-electron chi connectivity index (χ0n) is 7.18. The van der Waals surface area contributed by atoms with Gasteiger partial charge in [-0.05, 0) is 18.2 Å². The van der Waals surface area contributed by atoms with Crippen molar-refractivity contribution in [3.05, 3.63) is 47.0 Å². The molecular weight excluding hydrogens is 202 g/mol. The van der Waals surface area contributed by atoms with Gasteiger partial charge in [-0.3, -0.25) is 9.78 Å². The summed E-state index contributed by atoms with van der Waals surface area (Å²) >= 11 is 0. The van der Waals surface area contributed by atoms with E-state index in [9.17, 15) is 4.79 Å². The highest BCUT2D eigenvalue weighted by molar-refractivity contribution is 5.85. The number of hydrogen-bond donors (Lipinski definition) is 1. The molecule has 0 spiro atoms. The highest BCUT2D eigenvalue weighted by Gasteiger charge is 1.96. The molecule has 0 radical (unpaired) electrons. The number of halogens is 1. The van der Waals surface area contributed by atoms with Crippen molar-refractivity contribution in [1.29, 1.82) is 0 Å². The summed E-state index contributed by atoms with van der Waals surface area (Å²) in [6, 6.07) is 6.81. The quantitative estimate of drug-likeness (QED) is 0.769. The number of hydrogen-bond acceptors (Lipinski definition) is 3. The Morgan fingerprint density at radius 3 is 2.64 bits per heavy atom. The van der Waals surface area contributed by atoms with Gasteiger partial charge in [0.25, 0.3) is 5.56 Å². The van der Waals surface area contributed by atoms with Crippen LogP contribution in [0.5, 0.6) is 0 Å². The molecule has 4 nitrogen and oxygen atoms in total. The first-order valence-corrected chi connectivity index (χ1v) is 3.82. The Hall–Kier alpha value is -1.68. The molecule has 1 N–H and O–H groups in total. The van der Waals surface area contributed by atoms with Crippen molar-refractivity contribution >= 4 is 12.4 Å². The third-order valence-electron chi connectivity index (χ3n) is 1.64. The molecule has 2 rings (SSSR count). The average molecular weight is 210 g/mol. The molecule has 72 valence electrons. The molecule has 2 aromatic rings. The number of aromatic nitrogens is 3. The monoisotopic (exact) mass is 209 g/mol. The fourth-order valence-corrected chi connectivity index (χ4v) is 1.02. The molecule has 14 heavy (non-hydrogen) atoms. The second-order valence-corrected chi connectivity index (χ2v) is 2.55. The summed E-state index contributed by atoms with van der Waals surface area (Å²) in [4.78, 5) is 14.7. The van der Waals surface area contributed by atoms with Gasteiger partial charge in [0.15, 0.2) is 0 Å². The van der Waals surface area contributed by atoms with Crippen molar-refractivity contribution in [2.75, 3.05) is 0 Å². The molecule has 2 heterocycles. The van der Waals surface area contributed by atoms with Crippen LogP contribution in [0.4, 0.5) is 0 Å². The van der Waals surface area contributed by atoms with Crippen LogP contribution in [0.25, 0.3) is 11.3 Å². The van der Waals surface area contributed by atoms with Crippen molar-refractivity contribution < 1.29 is 0 Å². The Morgan fingerprint density at radius 2 is 2.07 bits per heavy atom. The lowest BCUT2D eigenvalue weighted by atomic mass is 10.2. The van der Waals surface area contributed by atoms with E-state index in [-0.39, 0.29) is 18.0 Å². The Bertz CT molecular complexity index is 435. The lowest BCUT2D eigenvalue weighted by molar-refractivity contribution is 0.994. The number of nitrogens with zero attached hydrogens (tertiary/aromatic N) is 2. The van der Waals surface area contributed by atoms with Gasteiger partial charge in [0.05, 0.1) is 5.69 Å². The molecule has 0 aromatic carbocycles. The second-order valence-electron chi connectivity index (χ2n) is 2.55. The third-order valence-corrected chi connectivity index (χ3v) is 1.64. The van der Waals surface area contributed by atoms with E-state index in [4.69, 9.17) is 0 Å². The van der Waals surface area contributed by atoms with Gasteiger partial charge in [-0.25, -0.2) is 5.10 Å². The van der Waals surface area contributed by atoms with Crippen LogP contribution in [0.2, 0.25) is 0 Å². The van der Waals surface area contributed by atoms with Gasteiger partial charge in [-0.1, -0.05) is 0 Å². The molecule has 0 fully saturated rings. The number of nitrogens with one attached hydrogen (secondary N) is 1. The first kappa shape index (κ1) is 10.4. The maximum absolute atomic E-state index is 10.7. The minimum absolute atomic E-state index is 0. The fourth-order valence-electron chi connectivity index (χ4n) is 1.02. The Morgan fingerprint density at radius 1 is 1.21 bits per heavy atom. The fraction of sp³-hybridized carbons (Fsp3) is 0. The molecule has 0 saturated heterocycles. The minimum Gasteiger partial charge on any atom is -0.268 e. The molecule has 0 saturated carbocycles. The molecular formula is C9H8ClN3O. The van der Waals surface area contributed by atoms with Gasteiger partial charge in [0.1, 0.15) is 0 Å². The maximum Gasteiger partial charge on any atom is 0.264 e. The Kier molecular flexibility index (Phi) is 3.36. The topological polar surface area (TPSA) is 58.6 Å². The van der Waals surface area contributed by atoms with Crippen LogP contribution < -0.4 is 5.56 Å². The lowest BCUT2D eigenvalue weighted by Gasteiger charge is -1.96. The summed E-state index contributed by atoms with van der Waals surface area (Å²) < 4.78 is 0. The van der Waals surface area contributed by atoms with Crippen LogP contribution >= 0.6 is 12.4 Å². The van der Waals surface area contributed by atoms with Crippen molar-refractivity contribution in [2.24, 2.45) is 0 Å². The SMILES string of the molecule is Cl.O=c1ccc(-c2cccnc2)n[nH]1. The van der Waals surface area contributed by atoms with Crippen molar-refractivity contribution in [3.63, 3.8) is 0 Å². The van der Waals surface area contributed by atoms with Crippen LogP contribution in [0.3, 0.4) is 0 Å². The van der Waals surface area contributed by atoms with Crippen LogP contribution in [0, 0.1) is 0 Å². The molecule has 2 aromatic heterocycles. The predicted octanol–water partition coefficient (Wildman–Crippen LogP) is 1.25. The summed E-state index contributed by atoms with van der Waals surface area (Å²) in [6.45, 7) is 0. The summed E-state index contributed by atoms with van der Waals surface area (Å²) in [5.74, 6) is 0. The molecule has 0 atom stereocenters. The predicted molar refractivity (Wildman–Crippen MR) is 55.3 cm³/mol. The summed E-state index contributed by atoms with van der Waals surface area (Å²) in [6.07, 6.45) is 3.38. The minimum atomic E-state index is -0.201. The van der Waals surface area contributed by atoms with E-state index in [1.54, 1.807) is 18.5 Å². The lowest BCUT2D eigenvalue weighted by Crippen LogP contribution is -2.05. The zero-order chi connectivity index (χ0) is 9.10. The van der Waals surface area contributed by atoms with Gasteiger partial charge in [0, 0.05) is 24.0 Å². The molecule has 0 aliphatic carbocycles. The van der Waals surface area contributed by atoms with Gasteiger partial charge >= 0.3 is 0 Å². The van der Waals surface area contributed by atoms with Crippen LogP contribution in [-0.4, -0.2) is 15.2 Å². The van der Waals surface area contributed by atoms with Crippen molar-refractivity contribution in [3.8, 4) is 11.3 Å². The molecule has 0 unspecified atom stereocenters. The van der Waals surface area contributed by atoms with E-state index in [0.29, 0.717) is 5.69 Å². The highest BCUT2D eigenvalue weighted by atomic mass is 35.5. The first-order chi connectivity index (χ1) is 6.36. The van der Waals surface area contributed by atoms with E-state index >= 15 is 0 Å².